The quantitative estimate of drug-likeness (QED) is 0.528. The highest BCUT2D eigenvalue weighted by Crippen LogP contribution is 2.37. The molecule has 1 aliphatic carbocycles. The van der Waals surface area contributed by atoms with Gasteiger partial charge in [-0.2, -0.15) is 8.78 Å². The van der Waals surface area contributed by atoms with Gasteiger partial charge in [0.25, 0.3) is 0 Å². The second kappa shape index (κ2) is 9.87. The summed E-state index contributed by atoms with van der Waals surface area (Å²) in [5.41, 5.74) is 5.59. The lowest BCUT2D eigenvalue weighted by molar-refractivity contribution is -0.0502. The third-order valence-electron chi connectivity index (χ3n) is 5.44. The van der Waals surface area contributed by atoms with Crippen molar-refractivity contribution in [2.24, 2.45) is 5.92 Å². The Kier molecular flexibility index (Phi) is 7.82. The Bertz CT molecular complexity index is 731. The molecule has 0 N–H and O–H groups in total. The van der Waals surface area contributed by atoms with Crippen molar-refractivity contribution in [3.05, 3.63) is 53.1 Å². The fourth-order valence-electron chi connectivity index (χ4n) is 3.90. The van der Waals surface area contributed by atoms with Crippen LogP contribution in [0.2, 0.25) is 0 Å². The van der Waals surface area contributed by atoms with E-state index in [0.29, 0.717) is 5.92 Å². The molecule has 0 amide bonds. The maximum atomic E-state index is 12.4. The van der Waals surface area contributed by atoms with Crippen molar-refractivity contribution in [2.45, 2.75) is 72.8 Å². The van der Waals surface area contributed by atoms with Crippen molar-refractivity contribution in [3.8, 4) is 16.9 Å². The van der Waals surface area contributed by atoms with Crippen LogP contribution >= 0.6 is 0 Å². The summed E-state index contributed by atoms with van der Waals surface area (Å²) in [5, 5.41) is 0. The monoisotopic (exact) mass is 374 g/mol. The van der Waals surface area contributed by atoms with E-state index in [1.165, 1.54) is 36.8 Å². The second-order valence-corrected chi connectivity index (χ2v) is 7.39. The summed E-state index contributed by atoms with van der Waals surface area (Å²) >= 11 is 0. The lowest BCUT2D eigenvalue weighted by Crippen LogP contribution is -2.11. The molecule has 1 aliphatic rings. The van der Waals surface area contributed by atoms with Gasteiger partial charge < -0.3 is 4.74 Å². The average Bonchev–Trinajstić information content (AvgIpc) is 2.65. The van der Waals surface area contributed by atoms with Crippen LogP contribution in [0.3, 0.4) is 0 Å². The van der Waals surface area contributed by atoms with E-state index in [2.05, 4.69) is 36.8 Å². The Balaban J connectivity index is 0.00000126. The first-order valence-electron chi connectivity index (χ1n) is 10.1. The molecule has 148 valence electrons. The van der Waals surface area contributed by atoms with Gasteiger partial charge in [0.1, 0.15) is 5.75 Å². The van der Waals surface area contributed by atoms with Gasteiger partial charge in [-0.05, 0) is 78.5 Å². The number of alkyl halides is 2. The predicted octanol–water partition coefficient (Wildman–Crippen LogP) is 7.89. The highest BCUT2D eigenvalue weighted by molar-refractivity contribution is 5.69. The van der Waals surface area contributed by atoms with Gasteiger partial charge in [-0.25, -0.2) is 0 Å². The number of hydrogen-bond donors (Lipinski definition) is 0. The minimum Gasteiger partial charge on any atom is -0.435 e. The number of halogens is 2. The third-order valence-corrected chi connectivity index (χ3v) is 5.44. The maximum Gasteiger partial charge on any atom is 0.387 e. The van der Waals surface area contributed by atoms with E-state index in [-0.39, 0.29) is 5.75 Å². The van der Waals surface area contributed by atoms with E-state index in [0.717, 1.165) is 22.6 Å². The van der Waals surface area contributed by atoms with Crippen LogP contribution in [0.25, 0.3) is 11.1 Å². The molecule has 0 aromatic heterocycles. The van der Waals surface area contributed by atoms with E-state index in [4.69, 9.17) is 0 Å². The van der Waals surface area contributed by atoms with E-state index in [9.17, 15) is 8.78 Å². The van der Waals surface area contributed by atoms with Gasteiger partial charge in [-0.15, -0.1) is 0 Å². The third kappa shape index (κ3) is 5.54. The molecule has 0 saturated heterocycles. The van der Waals surface area contributed by atoms with Crippen LogP contribution in [0, 0.1) is 19.8 Å². The summed E-state index contributed by atoms with van der Waals surface area (Å²) in [6, 6.07) is 12.1. The summed E-state index contributed by atoms with van der Waals surface area (Å²) in [6.07, 6.45) is 5.18. The van der Waals surface area contributed by atoms with Gasteiger partial charge in [-0.3, -0.25) is 0 Å². The molecule has 3 heteroatoms. The normalized spacial score (nSPS) is 19.4. The molecule has 0 spiro atoms. The molecule has 1 nitrogen and oxygen atoms in total. The first kappa shape index (κ1) is 21.4. The van der Waals surface area contributed by atoms with Crippen molar-refractivity contribution < 1.29 is 13.5 Å². The number of aryl methyl sites for hydroxylation is 2. The van der Waals surface area contributed by atoms with Crippen molar-refractivity contribution in [2.75, 3.05) is 0 Å². The van der Waals surface area contributed by atoms with Crippen LogP contribution in [-0.4, -0.2) is 6.61 Å². The van der Waals surface area contributed by atoms with Crippen LogP contribution in [0.4, 0.5) is 8.78 Å². The first-order chi connectivity index (χ1) is 12.9. The molecule has 2 aromatic rings. The van der Waals surface area contributed by atoms with Gasteiger partial charge >= 0.3 is 6.61 Å². The minimum absolute atomic E-state index is 0.240. The van der Waals surface area contributed by atoms with E-state index in [1.807, 2.05) is 26.0 Å². The zero-order valence-electron chi connectivity index (χ0n) is 17.2. The van der Waals surface area contributed by atoms with Crippen LogP contribution in [0.5, 0.6) is 5.75 Å². The van der Waals surface area contributed by atoms with Gasteiger partial charge in [0.2, 0.25) is 0 Å². The molecule has 0 atom stereocenters. The summed E-state index contributed by atoms with van der Waals surface area (Å²) in [6.45, 7) is 7.48. The highest BCUT2D eigenvalue weighted by Gasteiger charge is 2.20. The zero-order valence-corrected chi connectivity index (χ0v) is 17.2. The van der Waals surface area contributed by atoms with Crippen LogP contribution in [0.15, 0.2) is 36.4 Å². The standard InChI is InChI=1S/C22H26F2O.C2H6/c1-14-4-6-17(7-5-14)18-8-10-20(15(2)12-18)19-9-11-21(16(3)13-19)25-22(23)24;1-2/h8-14,17,22H,4-7H2,1-3H3;1-2H3. The molecule has 1 saturated carbocycles. The van der Waals surface area contributed by atoms with Crippen molar-refractivity contribution in [1.29, 1.82) is 0 Å². The van der Waals surface area contributed by atoms with E-state index < -0.39 is 6.61 Å². The summed E-state index contributed by atoms with van der Waals surface area (Å²) < 4.78 is 29.4. The maximum absolute atomic E-state index is 12.4. The summed E-state index contributed by atoms with van der Waals surface area (Å²) in [5.74, 6) is 1.77. The fourth-order valence-corrected chi connectivity index (χ4v) is 3.90. The van der Waals surface area contributed by atoms with E-state index in [1.54, 1.807) is 13.0 Å². The molecular weight excluding hydrogens is 342 g/mol. The van der Waals surface area contributed by atoms with Gasteiger partial charge in [0.05, 0.1) is 0 Å². The SMILES string of the molecule is CC.Cc1cc(-c2ccc(C3CCC(C)CC3)cc2C)ccc1OC(F)F. The first-order valence-corrected chi connectivity index (χ1v) is 10.1. The molecule has 27 heavy (non-hydrogen) atoms. The van der Waals surface area contributed by atoms with Crippen LogP contribution < -0.4 is 4.74 Å². The van der Waals surface area contributed by atoms with Crippen LogP contribution in [-0.2, 0) is 0 Å². The number of benzene rings is 2. The molecule has 0 aliphatic heterocycles. The fraction of sp³-hybridized carbons (Fsp3) is 0.500. The topological polar surface area (TPSA) is 9.23 Å². The number of ether oxygens (including phenoxy) is 1. The Labute approximate surface area is 162 Å². The Hall–Kier alpha value is -1.90. The second-order valence-electron chi connectivity index (χ2n) is 7.39. The highest BCUT2D eigenvalue weighted by atomic mass is 19.3. The molecule has 2 aromatic carbocycles. The molecule has 0 unspecified atom stereocenters. The number of rotatable bonds is 4. The Morgan fingerprint density at radius 1 is 0.889 bits per heavy atom. The average molecular weight is 375 g/mol. The zero-order chi connectivity index (χ0) is 20.0. The smallest absolute Gasteiger partial charge is 0.387 e. The molecule has 0 radical (unpaired) electrons. The molecule has 0 heterocycles. The summed E-state index contributed by atoms with van der Waals surface area (Å²) in [4.78, 5) is 0. The molecule has 3 rings (SSSR count). The molecule has 1 fully saturated rings. The molecular formula is C24H32F2O. The van der Waals surface area contributed by atoms with Gasteiger partial charge in [0, 0.05) is 0 Å². The lowest BCUT2D eigenvalue weighted by atomic mass is 9.79. The van der Waals surface area contributed by atoms with Crippen molar-refractivity contribution in [3.63, 3.8) is 0 Å². The Morgan fingerprint density at radius 2 is 1.56 bits per heavy atom. The van der Waals surface area contributed by atoms with Gasteiger partial charge in [0.15, 0.2) is 0 Å². The van der Waals surface area contributed by atoms with E-state index >= 15 is 0 Å². The molecule has 0 bridgehead atoms. The Morgan fingerprint density at radius 3 is 2.11 bits per heavy atom. The van der Waals surface area contributed by atoms with Crippen molar-refractivity contribution >= 4 is 0 Å². The largest absolute Gasteiger partial charge is 0.435 e. The lowest BCUT2D eigenvalue weighted by Gasteiger charge is -2.27. The summed E-state index contributed by atoms with van der Waals surface area (Å²) in [7, 11) is 0. The minimum atomic E-state index is -2.79. The predicted molar refractivity (Wildman–Crippen MR) is 110 cm³/mol. The van der Waals surface area contributed by atoms with Gasteiger partial charge in [-0.1, -0.05) is 57.9 Å². The van der Waals surface area contributed by atoms with Crippen molar-refractivity contribution in [1.82, 2.24) is 0 Å². The van der Waals surface area contributed by atoms with Crippen LogP contribution in [0.1, 0.15) is 69.1 Å². The number of hydrogen-bond acceptors (Lipinski definition) is 1.